The van der Waals surface area contributed by atoms with E-state index in [-0.39, 0.29) is 6.03 Å². The molecule has 38 heavy (non-hydrogen) atoms. The number of carbonyl (C=O) groups excluding carboxylic acids is 2. The third-order valence-corrected chi connectivity index (χ3v) is 6.82. The highest BCUT2D eigenvalue weighted by atomic mass is 16.2. The van der Waals surface area contributed by atoms with Crippen molar-refractivity contribution in [1.29, 1.82) is 0 Å². The summed E-state index contributed by atoms with van der Waals surface area (Å²) in [4.78, 5) is 32.7. The average Bonchev–Trinajstić information content (AvgIpc) is 2.94. The first-order chi connectivity index (χ1) is 18.5. The molecule has 0 bridgehead atoms. The van der Waals surface area contributed by atoms with Gasteiger partial charge in [-0.25, -0.2) is 9.78 Å². The van der Waals surface area contributed by atoms with Crippen molar-refractivity contribution >= 4 is 34.8 Å². The molecule has 5 N–H and O–H groups in total. The second kappa shape index (κ2) is 12.8. The number of anilines is 4. The fraction of sp³-hybridized carbons (Fsp3) is 0.345. The Morgan fingerprint density at radius 3 is 2.29 bits per heavy atom. The number of nitrogens with zero attached hydrogens (tertiary/aromatic N) is 3. The number of urea groups is 1. The Kier molecular flexibility index (Phi) is 9.02. The van der Waals surface area contributed by atoms with Crippen LogP contribution in [0.25, 0.3) is 0 Å². The van der Waals surface area contributed by atoms with Gasteiger partial charge < -0.3 is 31.5 Å². The van der Waals surface area contributed by atoms with Crippen LogP contribution in [-0.4, -0.2) is 58.9 Å². The number of likely N-dealkylation sites (tertiary alicyclic amines) is 1. The Morgan fingerprint density at radius 1 is 1.00 bits per heavy atom. The fourth-order valence-electron chi connectivity index (χ4n) is 4.60. The summed E-state index contributed by atoms with van der Waals surface area (Å²) in [5.74, 6) is 0.0785. The van der Waals surface area contributed by atoms with Crippen LogP contribution in [0.5, 0.6) is 0 Å². The first kappa shape index (κ1) is 26.8. The molecule has 1 saturated heterocycles. The van der Waals surface area contributed by atoms with Gasteiger partial charge in [-0.15, -0.1) is 0 Å². The fourth-order valence-corrected chi connectivity index (χ4v) is 4.60. The van der Waals surface area contributed by atoms with Crippen LogP contribution in [-0.2, 0) is 6.54 Å². The number of aromatic nitrogens is 1. The monoisotopic (exact) mass is 515 g/mol. The predicted octanol–water partition coefficient (Wildman–Crippen LogP) is 4.87. The van der Waals surface area contributed by atoms with Crippen LogP contribution in [0, 0.1) is 0 Å². The predicted molar refractivity (Wildman–Crippen MR) is 153 cm³/mol. The maximum atomic E-state index is 12.6. The normalized spacial score (nSPS) is 13.6. The summed E-state index contributed by atoms with van der Waals surface area (Å²) < 4.78 is 0. The number of hydrogen-bond acceptors (Lipinski definition) is 6. The highest BCUT2D eigenvalue weighted by Crippen LogP contribution is 2.24. The molecule has 1 fully saturated rings. The van der Waals surface area contributed by atoms with Crippen molar-refractivity contribution in [3.63, 3.8) is 0 Å². The molecule has 1 aliphatic rings. The second-order valence-corrected chi connectivity index (χ2v) is 9.38. The number of nitrogens with two attached hydrogens (primary N) is 1. The maximum absolute atomic E-state index is 12.6. The van der Waals surface area contributed by atoms with Crippen LogP contribution in [0.3, 0.4) is 0 Å². The topological polar surface area (TPSA) is 116 Å². The van der Waals surface area contributed by atoms with Crippen LogP contribution in [0.4, 0.5) is 27.7 Å². The minimum Gasteiger partial charge on any atom is -0.382 e. The first-order valence-corrected chi connectivity index (χ1v) is 13.2. The van der Waals surface area contributed by atoms with Crippen LogP contribution in [0.2, 0.25) is 0 Å². The molecule has 9 nitrogen and oxygen atoms in total. The number of amides is 3. The number of primary amides is 1. The van der Waals surface area contributed by atoms with Crippen molar-refractivity contribution in [2.75, 3.05) is 42.1 Å². The van der Waals surface area contributed by atoms with E-state index >= 15 is 0 Å². The Hall–Kier alpha value is -4.27. The number of hydrogen-bond donors (Lipinski definition) is 4. The van der Waals surface area contributed by atoms with Crippen LogP contribution >= 0.6 is 0 Å². The van der Waals surface area contributed by atoms with Gasteiger partial charge in [-0.2, -0.15) is 0 Å². The van der Waals surface area contributed by atoms with E-state index < -0.39 is 5.91 Å². The van der Waals surface area contributed by atoms with E-state index in [1.165, 1.54) is 6.20 Å². The summed E-state index contributed by atoms with van der Waals surface area (Å²) in [6, 6.07) is 20.2. The van der Waals surface area contributed by atoms with E-state index in [0.717, 1.165) is 56.0 Å². The molecule has 200 valence electrons. The summed E-state index contributed by atoms with van der Waals surface area (Å²) in [5.41, 5.74) is 9.54. The lowest BCUT2D eigenvalue weighted by Crippen LogP contribution is -2.48. The Bertz CT molecular complexity index is 1210. The summed E-state index contributed by atoms with van der Waals surface area (Å²) in [7, 11) is 0. The molecule has 0 atom stereocenters. The van der Waals surface area contributed by atoms with E-state index in [1.54, 1.807) is 6.07 Å². The first-order valence-electron chi connectivity index (χ1n) is 13.2. The van der Waals surface area contributed by atoms with Crippen molar-refractivity contribution in [3.8, 4) is 0 Å². The van der Waals surface area contributed by atoms with Crippen molar-refractivity contribution in [3.05, 3.63) is 78.0 Å². The summed E-state index contributed by atoms with van der Waals surface area (Å²) in [6.45, 7) is 7.60. The van der Waals surface area contributed by atoms with Crippen LogP contribution in [0.15, 0.2) is 66.9 Å². The second-order valence-electron chi connectivity index (χ2n) is 9.38. The van der Waals surface area contributed by atoms with E-state index in [4.69, 9.17) is 5.73 Å². The van der Waals surface area contributed by atoms with E-state index in [0.29, 0.717) is 29.7 Å². The molecule has 2 aromatic carbocycles. The van der Waals surface area contributed by atoms with Crippen LogP contribution in [0.1, 0.15) is 42.6 Å². The molecule has 0 saturated carbocycles. The molecule has 4 rings (SSSR count). The molecule has 0 radical (unpaired) electrons. The zero-order valence-electron chi connectivity index (χ0n) is 22.1. The molecular weight excluding hydrogens is 478 g/mol. The molecule has 0 spiro atoms. The average molecular weight is 516 g/mol. The van der Waals surface area contributed by atoms with E-state index in [2.05, 4.69) is 20.9 Å². The summed E-state index contributed by atoms with van der Waals surface area (Å²) in [5, 5.41) is 10.2. The molecule has 1 aromatic heterocycles. The largest absolute Gasteiger partial charge is 0.382 e. The zero-order valence-corrected chi connectivity index (χ0v) is 22.1. The van der Waals surface area contributed by atoms with Crippen molar-refractivity contribution in [1.82, 2.24) is 14.8 Å². The third kappa shape index (κ3) is 6.94. The SMILES string of the molecule is CCN(CC)C(=O)N1CCC(Nc2ccc(Nc3cc(NCc4ccccc4)c(C(N)=O)cn3)cc2)CC1. The van der Waals surface area contributed by atoms with Gasteiger partial charge in [0.05, 0.1) is 11.3 Å². The molecule has 9 heteroatoms. The number of rotatable bonds is 10. The summed E-state index contributed by atoms with van der Waals surface area (Å²) >= 11 is 0. The van der Waals surface area contributed by atoms with Gasteiger partial charge in [0.25, 0.3) is 5.91 Å². The number of piperidine rings is 1. The number of benzene rings is 2. The van der Waals surface area contributed by atoms with Gasteiger partial charge in [0.15, 0.2) is 0 Å². The quantitative estimate of drug-likeness (QED) is 0.306. The number of nitrogens with one attached hydrogen (secondary N) is 3. The van der Waals surface area contributed by atoms with E-state index in [9.17, 15) is 9.59 Å². The molecule has 3 amide bonds. The van der Waals surface area contributed by atoms with Gasteiger partial charge >= 0.3 is 6.03 Å². The molecule has 1 aliphatic heterocycles. The van der Waals surface area contributed by atoms with Gasteiger partial charge in [0.1, 0.15) is 5.82 Å². The van der Waals surface area contributed by atoms with Gasteiger partial charge in [0.2, 0.25) is 0 Å². The Morgan fingerprint density at radius 2 is 1.66 bits per heavy atom. The molecule has 0 aliphatic carbocycles. The molecule has 3 aromatic rings. The lowest BCUT2D eigenvalue weighted by Gasteiger charge is -2.35. The summed E-state index contributed by atoms with van der Waals surface area (Å²) in [6.07, 6.45) is 3.33. The minimum atomic E-state index is -0.529. The van der Waals surface area contributed by atoms with Crippen molar-refractivity contribution in [2.45, 2.75) is 39.3 Å². The Balaban J connectivity index is 1.33. The van der Waals surface area contributed by atoms with Gasteiger partial charge in [-0.1, -0.05) is 30.3 Å². The van der Waals surface area contributed by atoms with Crippen LogP contribution < -0.4 is 21.7 Å². The molecule has 0 unspecified atom stereocenters. The number of carbonyl (C=O) groups is 2. The highest BCUT2D eigenvalue weighted by Gasteiger charge is 2.25. The number of pyridine rings is 1. The van der Waals surface area contributed by atoms with Gasteiger partial charge in [-0.3, -0.25) is 4.79 Å². The smallest absolute Gasteiger partial charge is 0.319 e. The highest BCUT2D eigenvalue weighted by molar-refractivity contribution is 5.98. The lowest BCUT2D eigenvalue weighted by atomic mass is 10.0. The minimum absolute atomic E-state index is 0.139. The zero-order chi connectivity index (χ0) is 26.9. The van der Waals surface area contributed by atoms with Gasteiger partial charge in [-0.05, 0) is 56.5 Å². The standard InChI is InChI=1S/C29H37N7O2/c1-3-35(4-2)29(38)36-16-14-24(15-17-36)33-22-10-12-23(13-11-22)34-27-18-26(25(20-32-27)28(30)37)31-19-21-8-6-5-7-9-21/h5-13,18,20,24,33H,3-4,14-17,19H2,1-2H3,(H2,30,37)(H2,31,32,34). The lowest BCUT2D eigenvalue weighted by molar-refractivity contribution is 0.100. The maximum Gasteiger partial charge on any atom is 0.319 e. The molecular formula is C29H37N7O2. The van der Waals surface area contributed by atoms with Crippen molar-refractivity contribution < 1.29 is 9.59 Å². The third-order valence-electron chi connectivity index (χ3n) is 6.82. The molecule has 2 heterocycles. The van der Waals surface area contributed by atoms with Gasteiger partial charge in [0, 0.05) is 62.4 Å². The van der Waals surface area contributed by atoms with Crippen molar-refractivity contribution in [2.24, 2.45) is 5.73 Å². The Labute approximate surface area is 224 Å². The van der Waals surface area contributed by atoms with E-state index in [1.807, 2.05) is 78.2 Å².